The second kappa shape index (κ2) is 10.1. The monoisotopic (exact) mass is 503 g/mol. The predicted molar refractivity (Wildman–Crippen MR) is 127 cm³/mol. The van der Waals surface area contributed by atoms with Crippen LogP contribution >= 0.6 is 22.9 Å². The number of benzene rings is 1. The van der Waals surface area contributed by atoms with Crippen molar-refractivity contribution in [2.24, 2.45) is 0 Å². The molecule has 9 nitrogen and oxygen atoms in total. The van der Waals surface area contributed by atoms with E-state index in [9.17, 15) is 8.42 Å². The van der Waals surface area contributed by atoms with Gasteiger partial charge in [0.25, 0.3) is 0 Å². The Morgan fingerprint density at radius 3 is 2.48 bits per heavy atom. The van der Waals surface area contributed by atoms with Gasteiger partial charge in [-0.05, 0) is 35.7 Å². The molecule has 0 bridgehead atoms. The van der Waals surface area contributed by atoms with E-state index in [0.29, 0.717) is 17.1 Å². The fourth-order valence-corrected chi connectivity index (χ4v) is 4.52. The first-order valence-corrected chi connectivity index (χ1v) is 12.3. The van der Waals surface area contributed by atoms with Crippen molar-refractivity contribution in [3.63, 3.8) is 0 Å². The van der Waals surface area contributed by atoms with E-state index in [0.717, 1.165) is 4.88 Å². The van der Waals surface area contributed by atoms with Crippen molar-refractivity contribution in [3.8, 4) is 28.6 Å². The molecule has 0 aliphatic carbocycles. The Morgan fingerprint density at radius 1 is 1.03 bits per heavy atom. The molecular weight excluding hydrogens is 486 g/mol. The highest BCUT2D eigenvalue weighted by Crippen LogP contribution is 2.39. The average molecular weight is 504 g/mol. The molecule has 0 spiro atoms. The van der Waals surface area contributed by atoms with Crippen LogP contribution in [0.1, 0.15) is 4.88 Å². The molecule has 0 saturated heterocycles. The van der Waals surface area contributed by atoms with E-state index in [4.69, 9.17) is 21.1 Å². The lowest BCUT2D eigenvalue weighted by Gasteiger charge is -2.16. The van der Waals surface area contributed by atoms with Crippen LogP contribution in [0.25, 0.3) is 11.4 Å². The third-order valence-corrected chi connectivity index (χ3v) is 6.41. The Bertz CT molecular complexity index is 1340. The minimum atomic E-state index is -4.02. The van der Waals surface area contributed by atoms with Crippen molar-refractivity contribution in [2.75, 3.05) is 11.8 Å². The molecule has 0 aliphatic rings. The van der Waals surface area contributed by atoms with E-state index in [-0.39, 0.29) is 29.1 Å². The Labute approximate surface area is 199 Å². The molecule has 2 N–H and O–H groups in total. The lowest BCUT2D eigenvalue weighted by atomic mass is 10.2. The number of anilines is 1. The molecular formula is C21H18ClN5O4S2. The summed E-state index contributed by atoms with van der Waals surface area (Å²) in [6, 6.07) is 13.9. The molecule has 0 radical (unpaired) electrons. The minimum Gasteiger partial charge on any atom is -0.493 e. The third-order valence-electron chi connectivity index (χ3n) is 4.29. The summed E-state index contributed by atoms with van der Waals surface area (Å²) >= 11 is 7.87. The summed E-state index contributed by atoms with van der Waals surface area (Å²) in [4.78, 5) is 13.5. The van der Waals surface area contributed by atoms with Gasteiger partial charge in [0.15, 0.2) is 28.3 Å². The topological polar surface area (TPSA) is 115 Å². The van der Waals surface area contributed by atoms with Crippen LogP contribution < -0.4 is 18.9 Å². The van der Waals surface area contributed by atoms with Crippen molar-refractivity contribution in [1.29, 1.82) is 0 Å². The Kier molecular flexibility index (Phi) is 7.04. The molecule has 170 valence electrons. The molecule has 0 atom stereocenters. The fourth-order valence-electron chi connectivity index (χ4n) is 2.77. The van der Waals surface area contributed by atoms with Gasteiger partial charge in [-0.15, -0.1) is 11.3 Å². The third kappa shape index (κ3) is 5.76. The van der Waals surface area contributed by atoms with Crippen molar-refractivity contribution < 1.29 is 17.9 Å². The van der Waals surface area contributed by atoms with Gasteiger partial charge in [0.1, 0.15) is 0 Å². The van der Waals surface area contributed by atoms with E-state index in [1.165, 1.54) is 18.4 Å². The Morgan fingerprint density at radius 2 is 1.79 bits per heavy atom. The zero-order chi connectivity index (χ0) is 23.3. The van der Waals surface area contributed by atoms with Crippen LogP contribution in [0, 0.1) is 0 Å². The molecule has 1 aromatic carbocycles. The maximum atomic E-state index is 12.8. The number of hydrogen-bond acceptors (Lipinski definition) is 8. The highest BCUT2D eigenvalue weighted by molar-refractivity contribution is 7.90. The summed E-state index contributed by atoms with van der Waals surface area (Å²) in [5.41, 5.74) is 0.600. The number of rotatable bonds is 9. The normalized spacial score (nSPS) is 11.2. The fraction of sp³-hybridized carbons (Fsp3) is 0.0952. The van der Waals surface area contributed by atoms with Gasteiger partial charge in [0, 0.05) is 29.4 Å². The van der Waals surface area contributed by atoms with Crippen LogP contribution in [0.5, 0.6) is 17.2 Å². The highest BCUT2D eigenvalue weighted by Gasteiger charge is 2.22. The van der Waals surface area contributed by atoms with Gasteiger partial charge in [-0.25, -0.2) is 9.97 Å². The number of para-hydroxylation sites is 2. The largest absolute Gasteiger partial charge is 0.493 e. The van der Waals surface area contributed by atoms with Gasteiger partial charge in [0.2, 0.25) is 5.75 Å². The first-order chi connectivity index (χ1) is 15.9. The molecule has 12 heteroatoms. The van der Waals surface area contributed by atoms with Crippen molar-refractivity contribution in [2.45, 2.75) is 6.54 Å². The molecule has 3 heterocycles. The van der Waals surface area contributed by atoms with E-state index in [1.807, 2.05) is 17.5 Å². The van der Waals surface area contributed by atoms with Crippen molar-refractivity contribution in [1.82, 2.24) is 19.7 Å². The van der Waals surface area contributed by atoms with Crippen LogP contribution in [-0.4, -0.2) is 30.5 Å². The summed E-state index contributed by atoms with van der Waals surface area (Å²) in [7, 11) is -2.53. The van der Waals surface area contributed by atoms with Gasteiger partial charge in [-0.1, -0.05) is 29.8 Å². The lowest BCUT2D eigenvalue weighted by molar-refractivity contribution is 0.378. The number of methoxy groups -OCH3 is 1. The number of nitrogens with zero attached hydrogens (tertiary/aromatic N) is 3. The molecule has 4 aromatic rings. The smallest absolute Gasteiger partial charge is 0.300 e. The van der Waals surface area contributed by atoms with E-state index in [2.05, 4.69) is 24.4 Å². The summed E-state index contributed by atoms with van der Waals surface area (Å²) < 4.78 is 41.6. The lowest BCUT2D eigenvalue weighted by Crippen LogP contribution is -2.30. The molecule has 0 saturated carbocycles. The van der Waals surface area contributed by atoms with Gasteiger partial charge in [-0.2, -0.15) is 13.1 Å². The average Bonchev–Trinajstić information content (AvgIpc) is 3.34. The molecule has 33 heavy (non-hydrogen) atoms. The highest BCUT2D eigenvalue weighted by atomic mass is 35.5. The zero-order valence-electron chi connectivity index (χ0n) is 17.2. The first-order valence-electron chi connectivity index (χ1n) is 9.54. The zero-order valence-corrected chi connectivity index (χ0v) is 19.6. The maximum absolute atomic E-state index is 12.8. The summed E-state index contributed by atoms with van der Waals surface area (Å²) in [5.74, 6) is 0.739. The summed E-state index contributed by atoms with van der Waals surface area (Å²) in [6.07, 6.45) is 3.14. The predicted octanol–water partition coefficient (Wildman–Crippen LogP) is 4.50. The molecule has 3 aromatic heterocycles. The summed E-state index contributed by atoms with van der Waals surface area (Å²) in [5, 5.41) is 1.78. The van der Waals surface area contributed by atoms with Gasteiger partial charge < -0.3 is 9.47 Å². The maximum Gasteiger partial charge on any atom is 0.300 e. The molecule has 4 rings (SSSR count). The van der Waals surface area contributed by atoms with E-state index < -0.39 is 10.2 Å². The number of halogens is 1. The van der Waals surface area contributed by atoms with Gasteiger partial charge in [0.05, 0.1) is 7.11 Å². The van der Waals surface area contributed by atoms with Crippen LogP contribution in [0.4, 0.5) is 5.82 Å². The first kappa shape index (κ1) is 22.9. The number of nitrogens with one attached hydrogen (secondary N) is 2. The molecule has 0 aliphatic heterocycles. The van der Waals surface area contributed by atoms with Crippen molar-refractivity contribution >= 4 is 39.0 Å². The van der Waals surface area contributed by atoms with Crippen LogP contribution in [0.15, 0.2) is 66.3 Å². The second-order valence-corrected chi connectivity index (χ2v) is 9.40. The van der Waals surface area contributed by atoms with Crippen molar-refractivity contribution in [3.05, 3.63) is 76.3 Å². The second-order valence-electron chi connectivity index (χ2n) is 6.51. The van der Waals surface area contributed by atoms with Gasteiger partial charge >= 0.3 is 10.2 Å². The standard InChI is InChI=1S/C21H18ClN5O4S2/c1-30-16-6-2-3-7-17(16)31-18-19(22)25-20(14-8-10-23-11-9-14)26-21(18)27-33(28,29)24-13-15-5-4-12-32-15/h2-12,24H,13H2,1H3,(H,25,26,27). The minimum absolute atomic E-state index is 0.0690. The number of aromatic nitrogens is 3. The number of hydrogen-bond donors (Lipinski definition) is 2. The number of thiophene rings is 1. The van der Waals surface area contributed by atoms with Gasteiger partial charge in [-0.3, -0.25) is 9.71 Å². The van der Waals surface area contributed by atoms with Crippen LogP contribution in [0.3, 0.4) is 0 Å². The van der Waals surface area contributed by atoms with Crippen LogP contribution in [-0.2, 0) is 16.8 Å². The molecule has 0 amide bonds. The quantitative estimate of drug-likeness (QED) is 0.323. The molecule has 0 fully saturated rings. The number of ether oxygens (including phenoxy) is 2. The van der Waals surface area contributed by atoms with E-state index >= 15 is 0 Å². The Balaban J connectivity index is 1.72. The number of pyridine rings is 1. The van der Waals surface area contributed by atoms with Crippen LogP contribution in [0.2, 0.25) is 5.15 Å². The summed E-state index contributed by atoms with van der Waals surface area (Å²) in [6.45, 7) is 0.117. The van der Waals surface area contributed by atoms with E-state index in [1.54, 1.807) is 48.8 Å². The molecule has 0 unspecified atom stereocenters. The SMILES string of the molecule is COc1ccccc1Oc1c(Cl)nc(-c2ccncc2)nc1NS(=O)(=O)NCc1cccs1. The Hall–Kier alpha value is -3.25.